The zero-order valence-corrected chi connectivity index (χ0v) is 15.2. The van der Waals surface area contributed by atoms with E-state index < -0.39 is 5.97 Å². The summed E-state index contributed by atoms with van der Waals surface area (Å²) in [6.45, 7) is -0.307. The van der Waals surface area contributed by atoms with Crippen molar-refractivity contribution >= 4 is 33.9 Å². The van der Waals surface area contributed by atoms with Crippen molar-refractivity contribution in [2.24, 2.45) is 0 Å². The molecule has 0 amide bonds. The van der Waals surface area contributed by atoms with Crippen LogP contribution in [0.3, 0.4) is 0 Å². The van der Waals surface area contributed by atoms with Crippen LogP contribution in [-0.4, -0.2) is 28.0 Å². The minimum absolute atomic E-state index is 0.228. The lowest BCUT2D eigenvalue weighted by Gasteiger charge is -2.15. The fourth-order valence-corrected chi connectivity index (χ4v) is 4.04. The van der Waals surface area contributed by atoms with Gasteiger partial charge in [0.1, 0.15) is 5.52 Å². The average Bonchev–Trinajstić information content (AvgIpc) is 3.33. The van der Waals surface area contributed by atoms with Gasteiger partial charge in [-0.3, -0.25) is 9.36 Å². The lowest BCUT2D eigenvalue weighted by molar-refractivity contribution is 0.0449. The second kappa shape index (κ2) is 6.64. The van der Waals surface area contributed by atoms with Crippen molar-refractivity contribution in [1.82, 2.24) is 9.55 Å². The normalized spacial score (nSPS) is 13.6. The number of esters is 1. The Hall–Kier alpha value is -3.41. The molecule has 5 rings (SSSR count). The van der Waals surface area contributed by atoms with Crippen LogP contribution in [0, 0.1) is 0 Å². The summed E-state index contributed by atoms with van der Waals surface area (Å²) in [5.74, 6) is -0.787. The summed E-state index contributed by atoms with van der Waals surface area (Å²) in [5, 5.41) is 1.12. The molecule has 0 radical (unpaired) electrons. The number of oxazole rings is 1. The number of nitrogens with zero attached hydrogens (tertiary/aromatic N) is 2. The van der Waals surface area contributed by atoms with E-state index in [0.29, 0.717) is 16.7 Å². The van der Waals surface area contributed by atoms with Gasteiger partial charge in [-0.1, -0.05) is 18.2 Å². The first kappa shape index (κ1) is 16.7. The Balaban J connectivity index is 1.40. The van der Waals surface area contributed by atoms with Crippen molar-refractivity contribution in [3.63, 3.8) is 0 Å². The molecule has 6 heteroatoms. The number of rotatable bonds is 3. The Bertz CT molecular complexity index is 1220. The lowest BCUT2D eigenvalue weighted by atomic mass is 9.95. The Labute approximate surface area is 160 Å². The van der Waals surface area contributed by atoms with Crippen LogP contribution in [0.2, 0.25) is 0 Å². The highest BCUT2D eigenvalue weighted by atomic mass is 16.5. The van der Waals surface area contributed by atoms with E-state index in [0.717, 1.165) is 42.3 Å². The largest absolute Gasteiger partial charge is 0.452 e. The summed E-state index contributed by atoms with van der Waals surface area (Å²) < 4.78 is 12.3. The van der Waals surface area contributed by atoms with Crippen molar-refractivity contribution < 1.29 is 18.7 Å². The Morgan fingerprint density at radius 1 is 1.11 bits per heavy atom. The molecule has 0 saturated carbocycles. The summed E-state index contributed by atoms with van der Waals surface area (Å²) in [6.07, 6.45) is 5.37. The van der Waals surface area contributed by atoms with Crippen molar-refractivity contribution in [3.8, 4) is 0 Å². The van der Waals surface area contributed by atoms with Gasteiger partial charge < -0.3 is 9.15 Å². The standard InChI is InChI=1S/C22H18N2O4/c25-21(12-27-22(26)14-9-10-17-20(11-14)28-13-23-17)24-18-7-3-1-5-15(18)16-6-2-4-8-19(16)24/h1,3,5,7,9-11,13H,2,4,6,8,12H2. The summed E-state index contributed by atoms with van der Waals surface area (Å²) in [6, 6.07) is 12.8. The summed E-state index contributed by atoms with van der Waals surface area (Å²) in [5.41, 5.74) is 4.69. The molecule has 0 aliphatic heterocycles. The number of para-hydroxylation sites is 1. The number of carbonyl (C=O) groups is 2. The third-order valence-electron chi connectivity index (χ3n) is 5.32. The first-order valence-electron chi connectivity index (χ1n) is 9.37. The summed E-state index contributed by atoms with van der Waals surface area (Å²) in [4.78, 5) is 29.4. The van der Waals surface area contributed by atoms with Crippen LogP contribution in [0.1, 0.15) is 39.3 Å². The molecule has 28 heavy (non-hydrogen) atoms. The number of hydrogen-bond acceptors (Lipinski definition) is 5. The fourth-order valence-electron chi connectivity index (χ4n) is 4.04. The van der Waals surface area contributed by atoms with Crippen molar-refractivity contribution in [2.75, 3.05) is 6.61 Å². The maximum absolute atomic E-state index is 13.0. The Morgan fingerprint density at radius 2 is 1.96 bits per heavy atom. The molecule has 1 aliphatic carbocycles. The molecule has 0 saturated heterocycles. The highest BCUT2D eigenvalue weighted by Gasteiger charge is 2.24. The van der Waals surface area contributed by atoms with Crippen LogP contribution < -0.4 is 0 Å². The quantitative estimate of drug-likeness (QED) is 0.504. The molecule has 0 bridgehead atoms. The highest BCUT2D eigenvalue weighted by molar-refractivity contribution is 5.98. The SMILES string of the molecule is O=C(OCC(=O)n1c2c(c3ccccc31)CCCC2)c1ccc2ncoc2c1. The van der Waals surface area contributed by atoms with Crippen LogP contribution in [0.15, 0.2) is 53.3 Å². The Kier molecular flexibility index (Phi) is 3.97. The smallest absolute Gasteiger partial charge is 0.338 e. The van der Waals surface area contributed by atoms with Gasteiger partial charge in [0.05, 0.1) is 11.1 Å². The number of aryl methyl sites for hydroxylation is 1. The van der Waals surface area contributed by atoms with Crippen LogP contribution in [-0.2, 0) is 17.6 Å². The number of aromatic nitrogens is 2. The number of ether oxygens (including phenoxy) is 1. The molecule has 2 heterocycles. The number of benzene rings is 2. The first-order valence-corrected chi connectivity index (χ1v) is 9.37. The predicted octanol–water partition coefficient (Wildman–Crippen LogP) is 4.16. The van der Waals surface area contributed by atoms with E-state index in [1.807, 2.05) is 18.2 Å². The molecule has 6 nitrogen and oxygen atoms in total. The molecule has 1 aliphatic rings. The van der Waals surface area contributed by atoms with Gasteiger partial charge in [-0.25, -0.2) is 9.78 Å². The zero-order valence-electron chi connectivity index (χ0n) is 15.2. The van der Waals surface area contributed by atoms with Gasteiger partial charge in [-0.2, -0.15) is 0 Å². The van der Waals surface area contributed by atoms with E-state index >= 15 is 0 Å². The predicted molar refractivity (Wildman–Crippen MR) is 103 cm³/mol. The van der Waals surface area contributed by atoms with Crippen LogP contribution in [0.4, 0.5) is 0 Å². The third kappa shape index (κ3) is 2.69. The molecule has 0 unspecified atom stereocenters. The molecule has 0 N–H and O–H groups in total. The van der Waals surface area contributed by atoms with E-state index in [2.05, 4.69) is 11.1 Å². The van der Waals surface area contributed by atoms with E-state index in [-0.39, 0.29) is 12.5 Å². The van der Waals surface area contributed by atoms with Gasteiger partial charge in [0.15, 0.2) is 18.6 Å². The molecule has 140 valence electrons. The number of hydrogen-bond donors (Lipinski definition) is 0. The molecular formula is C22H18N2O4. The molecule has 2 aromatic carbocycles. The number of carbonyl (C=O) groups excluding carboxylic acids is 2. The van der Waals surface area contributed by atoms with Gasteiger partial charge in [0.25, 0.3) is 5.91 Å². The molecule has 0 spiro atoms. The minimum Gasteiger partial charge on any atom is -0.452 e. The Morgan fingerprint density at radius 3 is 2.89 bits per heavy atom. The van der Waals surface area contributed by atoms with E-state index in [4.69, 9.17) is 9.15 Å². The third-order valence-corrected chi connectivity index (χ3v) is 5.32. The minimum atomic E-state index is -0.558. The first-order chi connectivity index (χ1) is 13.7. The molecular weight excluding hydrogens is 356 g/mol. The zero-order chi connectivity index (χ0) is 19.1. The van der Waals surface area contributed by atoms with Crippen LogP contribution in [0.5, 0.6) is 0 Å². The maximum atomic E-state index is 13.0. The van der Waals surface area contributed by atoms with Gasteiger partial charge in [-0.15, -0.1) is 0 Å². The fraction of sp³-hybridized carbons (Fsp3) is 0.227. The van der Waals surface area contributed by atoms with Gasteiger partial charge in [0, 0.05) is 11.1 Å². The highest BCUT2D eigenvalue weighted by Crippen LogP contribution is 2.32. The van der Waals surface area contributed by atoms with Crippen molar-refractivity contribution in [3.05, 3.63) is 65.7 Å². The summed E-state index contributed by atoms with van der Waals surface area (Å²) in [7, 11) is 0. The lowest BCUT2D eigenvalue weighted by Crippen LogP contribution is -2.22. The molecule has 4 aromatic rings. The van der Waals surface area contributed by atoms with E-state index in [9.17, 15) is 9.59 Å². The van der Waals surface area contributed by atoms with Gasteiger partial charge in [-0.05, 0) is 55.5 Å². The second-order valence-corrected chi connectivity index (χ2v) is 6.99. The average molecular weight is 374 g/mol. The van der Waals surface area contributed by atoms with E-state index in [1.54, 1.807) is 22.8 Å². The van der Waals surface area contributed by atoms with E-state index in [1.165, 1.54) is 12.0 Å². The van der Waals surface area contributed by atoms with Gasteiger partial charge in [0.2, 0.25) is 0 Å². The van der Waals surface area contributed by atoms with Crippen LogP contribution in [0.25, 0.3) is 22.0 Å². The molecule has 0 atom stereocenters. The van der Waals surface area contributed by atoms with Crippen LogP contribution >= 0.6 is 0 Å². The summed E-state index contributed by atoms with van der Waals surface area (Å²) >= 11 is 0. The maximum Gasteiger partial charge on any atom is 0.338 e. The van der Waals surface area contributed by atoms with Crippen molar-refractivity contribution in [2.45, 2.75) is 25.7 Å². The topological polar surface area (TPSA) is 74.3 Å². The monoisotopic (exact) mass is 374 g/mol. The second-order valence-electron chi connectivity index (χ2n) is 6.99. The molecule has 0 fully saturated rings. The van der Waals surface area contributed by atoms with Gasteiger partial charge >= 0.3 is 5.97 Å². The number of fused-ring (bicyclic) bond motifs is 4. The van der Waals surface area contributed by atoms with Crippen molar-refractivity contribution in [1.29, 1.82) is 0 Å². The molecule has 2 aromatic heterocycles.